The van der Waals surface area contributed by atoms with E-state index in [1.807, 2.05) is 0 Å². The van der Waals surface area contributed by atoms with Crippen LogP contribution in [-0.2, 0) is 0 Å². The number of hydrogen-bond donors (Lipinski definition) is 1. The van der Waals surface area contributed by atoms with E-state index in [1.54, 1.807) is 6.92 Å². The summed E-state index contributed by atoms with van der Waals surface area (Å²) in [4.78, 5) is 15.3. The van der Waals surface area contributed by atoms with Crippen LogP contribution in [0.1, 0.15) is 23.0 Å². The van der Waals surface area contributed by atoms with Crippen LogP contribution in [0.4, 0.5) is 13.2 Å². The summed E-state index contributed by atoms with van der Waals surface area (Å²) in [5.74, 6) is -0.961. The van der Waals surface area contributed by atoms with Gasteiger partial charge < -0.3 is 5.32 Å². The molecular weight excluding hydrogens is 281 g/mol. The minimum absolute atomic E-state index is 0.131. The van der Waals surface area contributed by atoms with Gasteiger partial charge in [-0.1, -0.05) is 19.1 Å². The van der Waals surface area contributed by atoms with Crippen LogP contribution in [0.3, 0.4) is 0 Å². The van der Waals surface area contributed by atoms with Crippen molar-refractivity contribution in [1.82, 2.24) is 10.3 Å². The Labute approximate surface area is 120 Å². The van der Waals surface area contributed by atoms with E-state index >= 15 is 0 Å². The zero-order valence-corrected chi connectivity index (χ0v) is 11.6. The van der Waals surface area contributed by atoms with Gasteiger partial charge in [-0.15, -0.1) is 0 Å². The highest BCUT2D eigenvalue weighted by molar-refractivity contribution is 5.92. The van der Waals surface area contributed by atoms with Crippen molar-refractivity contribution in [2.24, 2.45) is 5.92 Å². The van der Waals surface area contributed by atoms with Crippen LogP contribution in [0.25, 0.3) is 5.57 Å². The number of pyridine rings is 1. The second kappa shape index (κ2) is 6.11. The number of carbonyl (C=O) groups excluding carboxylic acids is 1. The minimum atomic E-state index is -2.69. The normalized spacial score (nSPS) is 21.8. The third-order valence-electron chi connectivity index (χ3n) is 3.35. The second-order valence-corrected chi connectivity index (χ2v) is 4.82. The van der Waals surface area contributed by atoms with E-state index in [1.165, 1.54) is 37.5 Å². The molecule has 112 valence electrons. The first kappa shape index (κ1) is 15.3. The molecule has 1 aromatic heterocycles. The lowest BCUT2D eigenvalue weighted by Crippen LogP contribution is -2.19. The molecule has 1 N–H and O–H groups in total. The number of rotatable bonds is 3. The highest BCUT2D eigenvalue weighted by Crippen LogP contribution is 2.35. The molecular formula is C15H15F3N2O. The number of alkyl halides is 3. The molecule has 1 heterocycles. The molecule has 0 bridgehead atoms. The molecule has 2 atom stereocenters. The van der Waals surface area contributed by atoms with Crippen LogP contribution in [0, 0.1) is 5.92 Å². The molecule has 1 aliphatic rings. The summed E-state index contributed by atoms with van der Waals surface area (Å²) in [5.41, 5.74) is 0.464. The van der Waals surface area contributed by atoms with E-state index in [9.17, 15) is 18.0 Å². The molecule has 0 fully saturated rings. The third-order valence-corrected chi connectivity index (χ3v) is 3.35. The van der Waals surface area contributed by atoms with Crippen LogP contribution in [0.5, 0.6) is 0 Å². The van der Waals surface area contributed by atoms with Crippen molar-refractivity contribution in [2.45, 2.75) is 19.5 Å². The van der Waals surface area contributed by atoms with Crippen LogP contribution in [-0.4, -0.2) is 30.5 Å². The van der Waals surface area contributed by atoms with Crippen molar-refractivity contribution in [1.29, 1.82) is 0 Å². The zero-order chi connectivity index (χ0) is 15.6. The van der Waals surface area contributed by atoms with Crippen LogP contribution >= 0.6 is 0 Å². The third kappa shape index (κ3) is 3.15. The summed E-state index contributed by atoms with van der Waals surface area (Å²) in [5, 5.41) is 2.41. The van der Waals surface area contributed by atoms with E-state index in [0.717, 1.165) is 0 Å². The van der Waals surface area contributed by atoms with E-state index in [4.69, 9.17) is 0 Å². The molecule has 1 amide bonds. The van der Waals surface area contributed by atoms with E-state index in [-0.39, 0.29) is 22.7 Å². The number of allylic oxidation sites excluding steroid dienone is 4. The number of carbonyl (C=O) groups is 1. The smallest absolute Gasteiger partial charge is 0.269 e. The minimum Gasteiger partial charge on any atom is -0.354 e. The predicted molar refractivity (Wildman–Crippen MR) is 73.8 cm³/mol. The van der Waals surface area contributed by atoms with Gasteiger partial charge in [-0.2, -0.15) is 0 Å². The number of hydrogen-bond acceptors (Lipinski definition) is 2. The molecule has 0 radical (unpaired) electrons. The number of nitrogens with zero attached hydrogens (tertiary/aromatic N) is 1. The summed E-state index contributed by atoms with van der Waals surface area (Å²) < 4.78 is 40.0. The lowest BCUT2D eigenvalue weighted by molar-refractivity contribution is 0.0958. The van der Waals surface area contributed by atoms with Crippen molar-refractivity contribution in [3.05, 3.63) is 47.3 Å². The molecule has 1 aromatic rings. The standard InChI is InChI=1S/C15H15F3N2O/c1-8-5-11(14(17)18)10(6-12(8)16)9-3-4-13(20-7-9)15(21)19-2/h3-8,12,14H,1-2H3,(H,19,21). The fourth-order valence-corrected chi connectivity index (χ4v) is 2.14. The number of amides is 1. The first-order valence-corrected chi connectivity index (χ1v) is 6.48. The number of halogens is 3. The molecule has 6 heteroatoms. The van der Waals surface area contributed by atoms with E-state index < -0.39 is 18.5 Å². The molecule has 0 saturated heterocycles. The summed E-state index contributed by atoms with van der Waals surface area (Å²) >= 11 is 0. The Morgan fingerprint density at radius 1 is 1.33 bits per heavy atom. The van der Waals surface area contributed by atoms with Gasteiger partial charge in [-0.3, -0.25) is 9.78 Å². The molecule has 21 heavy (non-hydrogen) atoms. The molecule has 3 nitrogen and oxygen atoms in total. The summed E-state index contributed by atoms with van der Waals surface area (Å²) in [7, 11) is 1.47. The average molecular weight is 296 g/mol. The highest BCUT2D eigenvalue weighted by Gasteiger charge is 2.27. The fraction of sp³-hybridized carbons (Fsp3) is 0.333. The van der Waals surface area contributed by atoms with Gasteiger partial charge >= 0.3 is 0 Å². The maximum absolute atomic E-state index is 13.8. The van der Waals surface area contributed by atoms with E-state index in [2.05, 4.69) is 10.3 Å². The van der Waals surface area contributed by atoms with Gasteiger partial charge in [0.1, 0.15) is 11.9 Å². The van der Waals surface area contributed by atoms with Crippen LogP contribution < -0.4 is 5.32 Å². The average Bonchev–Trinajstić information content (AvgIpc) is 2.48. The Kier molecular flexibility index (Phi) is 4.45. The first-order valence-electron chi connectivity index (χ1n) is 6.48. The molecule has 0 saturated carbocycles. The zero-order valence-electron chi connectivity index (χ0n) is 11.6. The fourth-order valence-electron chi connectivity index (χ4n) is 2.14. The molecule has 0 aromatic carbocycles. The highest BCUT2D eigenvalue weighted by atomic mass is 19.3. The monoisotopic (exact) mass is 296 g/mol. The topological polar surface area (TPSA) is 42.0 Å². The Morgan fingerprint density at radius 2 is 2.05 bits per heavy atom. The van der Waals surface area contributed by atoms with Crippen molar-refractivity contribution >= 4 is 11.5 Å². The summed E-state index contributed by atoms with van der Waals surface area (Å²) in [6.45, 7) is 1.55. The van der Waals surface area contributed by atoms with Gasteiger partial charge in [0.25, 0.3) is 12.3 Å². The lowest BCUT2D eigenvalue weighted by atomic mass is 9.87. The second-order valence-electron chi connectivity index (χ2n) is 4.82. The molecule has 2 rings (SSSR count). The van der Waals surface area contributed by atoms with Crippen molar-refractivity contribution in [3.8, 4) is 0 Å². The summed E-state index contributed by atoms with van der Waals surface area (Å²) in [6.07, 6.45) is -0.277. The molecule has 1 aliphatic carbocycles. The number of nitrogens with one attached hydrogen (secondary N) is 1. The van der Waals surface area contributed by atoms with Gasteiger partial charge in [-0.05, 0) is 17.7 Å². The van der Waals surface area contributed by atoms with Crippen molar-refractivity contribution in [3.63, 3.8) is 0 Å². The predicted octanol–water partition coefficient (Wildman–Crippen LogP) is 3.00. The van der Waals surface area contributed by atoms with E-state index in [0.29, 0.717) is 5.56 Å². The van der Waals surface area contributed by atoms with Gasteiger partial charge in [0.15, 0.2) is 0 Å². The maximum Gasteiger partial charge on any atom is 0.269 e. The van der Waals surface area contributed by atoms with Gasteiger partial charge in [0, 0.05) is 30.3 Å². The Bertz CT molecular complexity index is 593. The number of aromatic nitrogens is 1. The van der Waals surface area contributed by atoms with Gasteiger partial charge in [0.2, 0.25) is 0 Å². The Balaban J connectivity index is 2.37. The van der Waals surface area contributed by atoms with Crippen molar-refractivity contribution < 1.29 is 18.0 Å². The maximum atomic E-state index is 13.8. The first-order chi connectivity index (χ1) is 9.93. The summed E-state index contributed by atoms with van der Waals surface area (Å²) in [6, 6.07) is 2.91. The molecule has 0 spiro atoms. The Hall–Kier alpha value is -2.11. The van der Waals surface area contributed by atoms with Gasteiger partial charge in [-0.25, -0.2) is 13.2 Å². The molecule has 0 aliphatic heterocycles. The molecule has 2 unspecified atom stereocenters. The largest absolute Gasteiger partial charge is 0.354 e. The lowest BCUT2D eigenvalue weighted by Gasteiger charge is -2.22. The van der Waals surface area contributed by atoms with Crippen LogP contribution in [0.15, 0.2) is 36.1 Å². The van der Waals surface area contributed by atoms with Gasteiger partial charge in [0.05, 0.1) is 0 Å². The van der Waals surface area contributed by atoms with Crippen LogP contribution in [0.2, 0.25) is 0 Å². The van der Waals surface area contributed by atoms with Crippen molar-refractivity contribution in [2.75, 3.05) is 7.05 Å². The quantitative estimate of drug-likeness (QED) is 0.931. The SMILES string of the molecule is CNC(=O)c1ccc(C2=CC(F)C(C)C=C2C(F)F)cn1. The Morgan fingerprint density at radius 3 is 2.57 bits per heavy atom.